The normalized spacial score (nSPS) is 12.8. The summed E-state index contributed by atoms with van der Waals surface area (Å²) in [5.74, 6) is 0. The molecule has 0 aliphatic carbocycles. The van der Waals surface area contributed by atoms with Crippen molar-refractivity contribution < 1.29 is 8.42 Å². The Bertz CT molecular complexity index is 370. The summed E-state index contributed by atoms with van der Waals surface area (Å²) >= 11 is 0.506. The van der Waals surface area contributed by atoms with Gasteiger partial charge in [-0.3, -0.25) is 0 Å². The number of nitrogens with zero attached hydrogens (tertiary/aromatic N) is 1. The second kappa shape index (κ2) is 3.82. The van der Waals surface area contributed by atoms with E-state index in [0.29, 0.717) is 11.6 Å². The number of rotatable bonds is 2. The summed E-state index contributed by atoms with van der Waals surface area (Å²) in [5, 5.41) is 0. The number of sulfonamides is 1. The molecule has 3 nitrogen and oxygen atoms in total. The first kappa shape index (κ1) is 9.41. The van der Waals surface area contributed by atoms with Gasteiger partial charge in [0.1, 0.15) is 0 Å². The minimum atomic E-state index is -3.40. The van der Waals surface area contributed by atoms with Crippen molar-refractivity contribution in [3.63, 3.8) is 0 Å². The van der Waals surface area contributed by atoms with Crippen LogP contribution in [0, 0.1) is 0 Å². The molecule has 1 aromatic rings. The Morgan fingerprint density at radius 2 is 1.83 bits per heavy atom. The molecule has 1 rings (SSSR count). The Kier molecular flexibility index (Phi) is 2.99. The molecule has 0 aliphatic rings. The highest BCUT2D eigenvalue weighted by Crippen LogP contribution is 2.10. The first-order valence-electron chi connectivity index (χ1n) is 3.28. The lowest BCUT2D eigenvalue weighted by atomic mass is 10.4. The fourth-order valence-electron chi connectivity index (χ4n) is 0.747. The van der Waals surface area contributed by atoms with Gasteiger partial charge in [0.2, 0.25) is 0 Å². The monoisotopic (exact) mass is 203 g/mol. The van der Waals surface area contributed by atoms with E-state index in [1.54, 1.807) is 24.5 Å². The van der Waals surface area contributed by atoms with E-state index in [4.69, 9.17) is 0 Å². The standard InChI is InChI=1S/C7H9NO2S2/c1-11-8-12(9,10)7-5-3-2-4-6-7/h2-6,11H,1H3. The summed E-state index contributed by atoms with van der Waals surface area (Å²) < 4.78 is 26.0. The van der Waals surface area contributed by atoms with Gasteiger partial charge in [-0.2, -0.15) is 8.42 Å². The van der Waals surface area contributed by atoms with Crippen molar-refractivity contribution in [2.75, 3.05) is 6.26 Å². The van der Waals surface area contributed by atoms with Crippen molar-refractivity contribution in [1.82, 2.24) is 0 Å². The van der Waals surface area contributed by atoms with E-state index in [1.165, 1.54) is 12.1 Å². The SMILES string of the molecule is C[SH]=NS(=O)(=O)c1ccccc1. The van der Waals surface area contributed by atoms with Gasteiger partial charge in [0, 0.05) is 0 Å². The Labute approximate surface area is 75.6 Å². The fraction of sp³-hybridized carbons (Fsp3) is 0.143. The van der Waals surface area contributed by atoms with Crippen molar-refractivity contribution in [3.8, 4) is 0 Å². The predicted octanol–water partition coefficient (Wildman–Crippen LogP) is 1.00. The molecule has 0 radical (unpaired) electrons. The average molecular weight is 203 g/mol. The zero-order chi connectivity index (χ0) is 9.03. The van der Waals surface area contributed by atoms with Crippen LogP contribution in [0.1, 0.15) is 0 Å². The number of benzene rings is 1. The predicted molar refractivity (Wildman–Crippen MR) is 50.7 cm³/mol. The smallest absolute Gasteiger partial charge is 0.199 e. The molecule has 0 N–H and O–H groups in total. The van der Waals surface area contributed by atoms with Crippen LogP contribution < -0.4 is 0 Å². The van der Waals surface area contributed by atoms with Crippen LogP contribution in [0.15, 0.2) is 39.0 Å². The molecule has 1 aromatic carbocycles. The van der Waals surface area contributed by atoms with Crippen LogP contribution >= 0.6 is 0 Å². The minimum Gasteiger partial charge on any atom is -0.199 e. The maximum atomic E-state index is 11.3. The summed E-state index contributed by atoms with van der Waals surface area (Å²) in [4.78, 5) is 0.249. The van der Waals surface area contributed by atoms with Gasteiger partial charge in [-0.1, -0.05) is 29.8 Å². The lowest BCUT2D eigenvalue weighted by molar-refractivity contribution is 0.598. The van der Waals surface area contributed by atoms with Gasteiger partial charge in [0.25, 0.3) is 10.0 Å². The minimum absolute atomic E-state index is 0.249. The van der Waals surface area contributed by atoms with E-state index in [9.17, 15) is 8.42 Å². The molecular weight excluding hydrogens is 194 g/mol. The highest BCUT2D eigenvalue weighted by molar-refractivity contribution is 7.94. The Balaban J connectivity index is 3.16. The van der Waals surface area contributed by atoms with Gasteiger partial charge in [-0.05, 0) is 18.4 Å². The van der Waals surface area contributed by atoms with E-state index in [1.807, 2.05) is 0 Å². The molecule has 0 amide bonds. The molecule has 0 fully saturated rings. The first-order valence-corrected chi connectivity index (χ1v) is 6.01. The Morgan fingerprint density at radius 3 is 2.33 bits per heavy atom. The van der Waals surface area contributed by atoms with Crippen LogP contribution in [-0.4, -0.2) is 14.7 Å². The maximum absolute atomic E-state index is 11.3. The van der Waals surface area contributed by atoms with E-state index in [2.05, 4.69) is 3.77 Å². The van der Waals surface area contributed by atoms with Crippen LogP contribution in [0.4, 0.5) is 0 Å². The Hall–Kier alpha value is -0.680. The molecular formula is C7H9NO2S2. The number of hydrogen-bond acceptors (Lipinski definition) is 2. The van der Waals surface area contributed by atoms with Gasteiger partial charge >= 0.3 is 0 Å². The molecule has 0 bridgehead atoms. The first-order chi connectivity index (χ1) is 5.67. The largest absolute Gasteiger partial charge is 0.287 e. The quantitative estimate of drug-likeness (QED) is 0.729. The van der Waals surface area contributed by atoms with E-state index in [0.717, 1.165) is 0 Å². The van der Waals surface area contributed by atoms with Crippen LogP contribution in [-0.2, 0) is 21.6 Å². The van der Waals surface area contributed by atoms with Crippen LogP contribution in [0.5, 0.6) is 0 Å². The summed E-state index contributed by atoms with van der Waals surface area (Å²) in [7, 11) is -3.40. The van der Waals surface area contributed by atoms with E-state index >= 15 is 0 Å². The molecule has 0 saturated heterocycles. The van der Waals surface area contributed by atoms with Gasteiger partial charge in [0.05, 0.1) is 4.90 Å². The van der Waals surface area contributed by atoms with Crippen molar-refractivity contribution >= 4 is 21.6 Å². The maximum Gasteiger partial charge on any atom is 0.287 e. The van der Waals surface area contributed by atoms with E-state index < -0.39 is 10.0 Å². The van der Waals surface area contributed by atoms with Gasteiger partial charge in [-0.25, -0.2) is 0 Å². The van der Waals surface area contributed by atoms with E-state index in [-0.39, 0.29) is 4.90 Å². The number of hydrogen-bond donors (Lipinski definition) is 1. The topological polar surface area (TPSA) is 46.5 Å². The summed E-state index contributed by atoms with van der Waals surface area (Å²) in [6.07, 6.45) is 1.67. The third kappa shape index (κ3) is 2.15. The molecule has 5 heteroatoms. The van der Waals surface area contributed by atoms with Crippen molar-refractivity contribution in [3.05, 3.63) is 30.3 Å². The second-order valence-corrected chi connectivity index (χ2v) is 4.54. The molecule has 0 spiro atoms. The zero-order valence-electron chi connectivity index (χ0n) is 6.51. The van der Waals surface area contributed by atoms with Gasteiger partial charge in [-0.15, -0.1) is 3.77 Å². The molecule has 0 aromatic heterocycles. The van der Waals surface area contributed by atoms with Crippen LogP contribution in [0.25, 0.3) is 0 Å². The zero-order valence-corrected chi connectivity index (χ0v) is 8.22. The van der Waals surface area contributed by atoms with Crippen molar-refractivity contribution in [2.45, 2.75) is 4.90 Å². The molecule has 0 unspecified atom stereocenters. The third-order valence-corrected chi connectivity index (χ3v) is 3.61. The Morgan fingerprint density at radius 1 is 1.25 bits per heavy atom. The molecule has 0 atom stereocenters. The highest BCUT2D eigenvalue weighted by Gasteiger charge is 2.09. The molecule has 66 valence electrons. The third-order valence-electron chi connectivity index (χ3n) is 1.23. The molecule has 0 heterocycles. The number of thiol groups is 1. The lowest BCUT2D eigenvalue weighted by Crippen LogP contribution is -1.94. The molecule has 0 saturated carbocycles. The lowest BCUT2D eigenvalue weighted by Gasteiger charge is -1.94. The summed E-state index contributed by atoms with van der Waals surface area (Å²) in [5.41, 5.74) is 0. The molecule has 12 heavy (non-hydrogen) atoms. The fourth-order valence-corrected chi connectivity index (χ4v) is 2.49. The molecule has 0 aliphatic heterocycles. The van der Waals surface area contributed by atoms with Crippen molar-refractivity contribution in [2.24, 2.45) is 3.77 Å². The van der Waals surface area contributed by atoms with Crippen molar-refractivity contribution in [1.29, 1.82) is 0 Å². The van der Waals surface area contributed by atoms with Crippen LogP contribution in [0.3, 0.4) is 0 Å². The second-order valence-electron chi connectivity index (χ2n) is 2.07. The van der Waals surface area contributed by atoms with Gasteiger partial charge in [0.15, 0.2) is 0 Å². The summed E-state index contributed by atoms with van der Waals surface area (Å²) in [6.45, 7) is 0. The van der Waals surface area contributed by atoms with Crippen LogP contribution in [0.2, 0.25) is 0 Å². The summed E-state index contributed by atoms with van der Waals surface area (Å²) in [6, 6.07) is 8.18. The average Bonchev–Trinajstić information content (AvgIpc) is 2.06. The highest BCUT2D eigenvalue weighted by atomic mass is 32.2. The van der Waals surface area contributed by atoms with Gasteiger partial charge < -0.3 is 0 Å².